The molecule has 0 radical (unpaired) electrons. The summed E-state index contributed by atoms with van der Waals surface area (Å²) in [7, 11) is 0. The first kappa shape index (κ1) is 18.2. The van der Waals surface area contributed by atoms with E-state index < -0.39 is 48.4 Å². The van der Waals surface area contributed by atoms with Crippen LogP contribution in [0.4, 0.5) is 0 Å². The van der Waals surface area contributed by atoms with E-state index in [1.165, 1.54) is 11.8 Å². The number of hydrogen-bond donors (Lipinski definition) is 5. The molecule has 0 aromatic heterocycles. The van der Waals surface area contributed by atoms with E-state index in [1.54, 1.807) is 13.2 Å². The molecule has 1 rings (SSSR count). The van der Waals surface area contributed by atoms with Gasteiger partial charge in [0.2, 0.25) is 5.91 Å². The van der Waals surface area contributed by atoms with E-state index in [0.29, 0.717) is 0 Å². The van der Waals surface area contributed by atoms with Crippen LogP contribution < -0.4 is 5.32 Å². The van der Waals surface area contributed by atoms with Crippen molar-refractivity contribution in [3.8, 4) is 0 Å². The number of carboxylic acids is 1. The van der Waals surface area contributed by atoms with Gasteiger partial charge in [0.05, 0.1) is 5.92 Å². The Hall–Kier alpha value is -0.870. The molecule has 6 atom stereocenters. The molecule has 0 aliphatic carbocycles. The van der Waals surface area contributed by atoms with Gasteiger partial charge in [0, 0.05) is 5.75 Å². The van der Waals surface area contributed by atoms with Crippen LogP contribution in [0, 0.1) is 5.92 Å². The van der Waals surface area contributed by atoms with Gasteiger partial charge in [-0.05, 0) is 12.7 Å². The molecule has 1 aliphatic rings. The molecular formula is C12H21NO7S. The molecule has 0 bridgehead atoms. The number of ether oxygens (including phenoxy) is 1. The number of rotatable bonds is 7. The van der Waals surface area contributed by atoms with E-state index >= 15 is 0 Å². The predicted molar refractivity (Wildman–Crippen MR) is 74.6 cm³/mol. The zero-order chi connectivity index (χ0) is 16.2. The maximum absolute atomic E-state index is 12.2. The number of nitrogens with one attached hydrogen (secondary N) is 1. The highest BCUT2D eigenvalue weighted by Gasteiger charge is 2.47. The molecule has 0 aromatic rings. The van der Waals surface area contributed by atoms with Crippen molar-refractivity contribution in [1.29, 1.82) is 0 Å². The van der Waals surface area contributed by atoms with E-state index in [9.17, 15) is 24.9 Å². The summed E-state index contributed by atoms with van der Waals surface area (Å²) in [5.41, 5.74) is 0. The number of aliphatic carboxylic acids is 1. The van der Waals surface area contributed by atoms with Crippen LogP contribution in [-0.4, -0.2) is 75.0 Å². The topological polar surface area (TPSA) is 136 Å². The summed E-state index contributed by atoms with van der Waals surface area (Å²) in [6.07, 6.45) is -3.55. The maximum atomic E-state index is 12.2. The standard InChI is InChI=1S/C12H21NO7S/c1-3-5(9-7(14)8(15)12(19)20-9)10(16)13-6(4-21-2)11(17)18/h5-9,12,14-15,19H,3-4H2,1-2H3,(H,13,16)(H,17,18)/t5-,6+,7-,8-,9?,12+/m1/s1. The molecule has 1 aliphatic heterocycles. The summed E-state index contributed by atoms with van der Waals surface area (Å²) in [6, 6.07) is -1.05. The molecular weight excluding hydrogens is 302 g/mol. The van der Waals surface area contributed by atoms with Gasteiger partial charge >= 0.3 is 5.97 Å². The molecule has 1 fully saturated rings. The van der Waals surface area contributed by atoms with Crippen molar-refractivity contribution in [1.82, 2.24) is 5.32 Å². The van der Waals surface area contributed by atoms with Crippen LogP contribution in [-0.2, 0) is 14.3 Å². The highest BCUT2D eigenvalue weighted by molar-refractivity contribution is 7.98. The number of aliphatic hydroxyl groups excluding tert-OH is 3. The van der Waals surface area contributed by atoms with Crippen LogP contribution in [0.2, 0.25) is 0 Å². The highest BCUT2D eigenvalue weighted by Crippen LogP contribution is 2.27. The summed E-state index contributed by atoms with van der Waals surface area (Å²) < 4.78 is 5.00. The van der Waals surface area contributed by atoms with Gasteiger partial charge < -0.3 is 30.5 Å². The molecule has 1 amide bonds. The fourth-order valence-electron chi connectivity index (χ4n) is 2.20. The third kappa shape index (κ3) is 4.30. The molecule has 8 nitrogen and oxygen atoms in total. The molecule has 1 heterocycles. The Bertz CT molecular complexity index is 381. The fraction of sp³-hybridized carbons (Fsp3) is 0.833. The van der Waals surface area contributed by atoms with E-state index in [0.717, 1.165) is 0 Å². The second kappa shape index (κ2) is 7.95. The lowest BCUT2D eigenvalue weighted by Gasteiger charge is -2.25. The molecule has 1 saturated heterocycles. The van der Waals surface area contributed by atoms with Gasteiger partial charge in [-0.3, -0.25) is 4.79 Å². The monoisotopic (exact) mass is 323 g/mol. The molecule has 1 unspecified atom stereocenters. The number of hydrogen-bond acceptors (Lipinski definition) is 7. The zero-order valence-electron chi connectivity index (χ0n) is 11.8. The second-order valence-corrected chi connectivity index (χ2v) is 5.75. The largest absolute Gasteiger partial charge is 0.480 e. The molecule has 21 heavy (non-hydrogen) atoms. The SMILES string of the molecule is CC[C@@H](C(=O)N[C@@H](CSC)C(=O)O)C1O[C@H](O)[C@H](O)[C@H]1O. The van der Waals surface area contributed by atoms with Gasteiger partial charge in [0.25, 0.3) is 0 Å². The van der Waals surface area contributed by atoms with Crippen molar-refractivity contribution >= 4 is 23.6 Å². The number of thioether (sulfide) groups is 1. The Labute approximate surface area is 126 Å². The van der Waals surface area contributed by atoms with Crippen molar-refractivity contribution < 1.29 is 34.8 Å². The third-order valence-electron chi connectivity index (χ3n) is 3.40. The minimum Gasteiger partial charge on any atom is -0.480 e. The molecule has 0 saturated carbocycles. The Balaban J connectivity index is 2.75. The number of carbonyl (C=O) groups is 2. The van der Waals surface area contributed by atoms with Gasteiger partial charge in [-0.1, -0.05) is 6.92 Å². The fourth-order valence-corrected chi connectivity index (χ4v) is 2.76. The molecule has 9 heteroatoms. The van der Waals surface area contributed by atoms with Gasteiger partial charge in [0.1, 0.15) is 24.4 Å². The summed E-state index contributed by atoms with van der Waals surface area (Å²) >= 11 is 1.28. The highest BCUT2D eigenvalue weighted by atomic mass is 32.2. The lowest BCUT2D eigenvalue weighted by molar-refractivity contribution is -0.151. The van der Waals surface area contributed by atoms with E-state index in [4.69, 9.17) is 9.84 Å². The Morgan fingerprint density at radius 1 is 1.29 bits per heavy atom. The first-order valence-corrected chi connectivity index (χ1v) is 7.94. The van der Waals surface area contributed by atoms with Gasteiger partial charge in [-0.25, -0.2) is 4.79 Å². The zero-order valence-corrected chi connectivity index (χ0v) is 12.6. The van der Waals surface area contributed by atoms with Gasteiger partial charge in [-0.2, -0.15) is 11.8 Å². The van der Waals surface area contributed by atoms with Crippen LogP contribution in [0.3, 0.4) is 0 Å². The number of carboxylic acid groups (broad SMARTS) is 1. The van der Waals surface area contributed by atoms with E-state index in [2.05, 4.69) is 5.32 Å². The summed E-state index contributed by atoms with van der Waals surface area (Å²) in [5, 5.41) is 40.0. The van der Waals surface area contributed by atoms with Crippen molar-refractivity contribution in [2.45, 2.75) is 44.0 Å². The summed E-state index contributed by atoms with van der Waals surface area (Å²) in [6.45, 7) is 1.67. The van der Waals surface area contributed by atoms with Crippen molar-refractivity contribution in [2.24, 2.45) is 5.92 Å². The van der Waals surface area contributed by atoms with Crippen LogP contribution >= 0.6 is 11.8 Å². The van der Waals surface area contributed by atoms with E-state index in [-0.39, 0.29) is 12.2 Å². The molecule has 0 spiro atoms. The summed E-state index contributed by atoms with van der Waals surface area (Å²) in [4.78, 5) is 23.2. The summed E-state index contributed by atoms with van der Waals surface area (Å²) in [5.74, 6) is -2.41. The Morgan fingerprint density at radius 2 is 1.90 bits per heavy atom. The number of aliphatic hydroxyl groups is 3. The van der Waals surface area contributed by atoms with Crippen LogP contribution in [0.15, 0.2) is 0 Å². The lowest BCUT2D eigenvalue weighted by atomic mass is 9.93. The predicted octanol–water partition coefficient (Wildman–Crippen LogP) is -1.62. The minimum atomic E-state index is -1.56. The Kier molecular flexibility index (Phi) is 6.88. The van der Waals surface area contributed by atoms with Crippen LogP contribution in [0.5, 0.6) is 0 Å². The second-order valence-electron chi connectivity index (χ2n) is 4.84. The first-order valence-electron chi connectivity index (χ1n) is 6.55. The number of carbonyl (C=O) groups excluding carboxylic acids is 1. The molecule has 122 valence electrons. The smallest absolute Gasteiger partial charge is 0.327 e. The first-order chi connectivity index (χ1) is 9.83. The van der Waals surface area contributed by atoms with Crippen molar-refractivity contribution in [3.05, 3.63) is 0 Å². The average molecular weight is 323 g/mol. The minimum absolute atomic E-state index is 0.205. The van der Waals surface area contributed by atoms with Crippen molar-refractivity contribution in [2.75, 3.05) is 12.0 Å². The third-order valence-corrected chi connectivity index (χ3v) is 4.06. The van der Waals surface area contributed by atoms with Crippen LogP contribution in [0.1, 0.15) is 13.3 Å². The van der Waals surface area contributed by atoms with Crippen molar-refractivity contribution in [3.63, 3.8) is 0 Å². The average Bonchev–Trinajstić information content (AvgIpc) is 2.67. The maximum Gasteiger partial charge on any atom is 0.327 e. The molecule has 0 aromatic carbocycles. The Morgan fingerprint density at radius 3 is 2.29 bits per heavy atom. The normalized spacial score (nSPS) is 31.7. The van der Waals surface area contributed by atoms with E-state index in [1.807, 2.05) is 0 Å². The molecule has 5 N–H and O–H groups in total. The quantitative estimate of drug-likeness (QED) is 0.377. The van der Waals surface area contributed by atoms with Gasteiger partial charge in [0.15, 0.2) is 6.29 Å². The lowest BCUT2D eigenvalue weighted by Crippen LogP contribution is -2.49. The van der Waals surface area contributed by atoms with Crippen LogP contribution in [0.25, 0.3) is 0 Å². The number of amides is 1. The van der Waals surface area contributed by atoms with Gasteiger partial charge in [-0.15, -0.1) is 0 Å².